The minimum Gasteiger partial charge on any atom is -0.330 e. The number of nitrogens with zero attached hydrogens (tertiary/aromatic N) is 2. The molecule has 1 heterocycles. The van der Waals surface area contributed by atoms with Crippen molar-refractivity contribution in [2.24, 2.45) is 11.5 Å². The highest BCUT2D eigenvalue weighted by Gasteiger charge is 2.00. The molecule has 0 radical (unpaired) electrons. The smallest absolute Gasteiger partial charge is 0.0522 e. The first kappa shape index (κ1) is 11.2. The second-order valence-corrected chi connectivity index (χ2v) is 3.15. The lowest BCUT2D eigenvalue weighted by atomic mass is 10.4. The van der Waals surface area contributed by atoms with Crippen molar-refractivity contribution >= 4 is 0 Å². The number of hydrogen-bond acceptors (Lipinski definition) is 4. The Kier molecular flexibility index (Phi) is 5.21. The molecule has 0 saturated carbocycles. The highest BCUT2D eigenvalue weighted by Crippen LogP contribution is 1.99. The average Bonchev–Trinajstić information content (AvgIpc) is 2.63. The molecule has 5 N–H and O–H groups in total. The Morgan fingerprint density at radius 3 is 2.93 bits per heavy atom. The molecule has 0 atom stereocenters. The summed E-state index contributed by atoms with van der Waals surface area (Å²) >= 11 is 0. The minimum atomic E-state index is 0.664. The van der Waals surface area contributed by atoms with Crippen LogP contribution in [0.3, 0.4) is 0 Å². The van der Waals surface area contributed by atoms with Crippen molar-refractivity contribution in [3.63, 3.8) is 0 Å². The number of hydrogen-bond donors (Lipinski definition) is 3. The Hall–Kier alpha value is -0.910. The first-order valence-corrected chi connectivity index (χ1v) is 5.00. The molecular formula is C9H19N5. The van der Waals surface area contributed by atoms with Crippen molar-refractivity contribution in [1.29, 1.82) is 0 Å². The molecule has 5 heteroatoms. The van der Waals surface area contributed by atoms with Gasteiger partial charge >= 0.3 is 0 Å². The van der Waals surface area contributed by atoms with E-state index in [1.165, 1.54) is 5.69 Å². The fraction of sp³-hybridized carbons (Fsp3) is 0.667. The van der Waals surface area contributed by atoms with Gasteiger partial charge in [0.2, 0.25) is 0 Å². The van der Waals surface area contributed by atoms with Crippen LogP contribution in [-0.4, -0.2) is 29.4 Å². The van der Waals surface area contributed by atoms with Crippen LogP contribution in [0.2, 0.25) is 0 Å². The quantitative estimate of drug-likeness (QED) is 0.504. The Bertz CT molecular complexity index is 245. The van der Waals surface area contributed by atoms with E-state index < -0.39 is 0 Å². The summed E-state index contributed by atoms with van der Waals surface area (Å²) in [5.74, 6) is 0. The van der Waals surface area contributed by atoms with Crippen molar-refractivity contribution in [2.45, 2.75) is 19.5 Å². The van der Waals surface area contributed by atoms with Gasteiger partial charge in [-0.2, -0.15) is 5.10 Å². The molecule has 1 aromatic heterocycles. The van der Waals surface area contributed by atoms with Crippen LogP contribution >= 0.6 is 0 Å². The summed E-state index contributed by atoms with van der Waals surface area (Å²) in [6, 6.07) is 2.01. The van der Waals surface area contributed by atoms with E-state index in [4.69, 9.17) is 11.5 Å². The lowest BCUT2D eigenvalue weighted by molar-refractivity contribution is 0.541. The molecule has 0 spiro atoms. The molecule has 0 aliphatic carbocycles. The summed E-state index contributed by atoms with van der Waals surface area (Å²) < 4.78 is 1.98. The molecule has 0 saturated heterocycles. The maximum atomic E-state index is 5.44. The van der Waals surface area contributed by atoms with Gasteiger partial charge in [-0.1, -0.05) is 0 Å². The average molecular weight is 197 g/mol. The van der Waals surface area contributed by atoms with Crippen LogP contribution in [0.4, 0.5) is 0 Å². The first-order valence-electron chi connectivity index (χ1n) is 5.00. The van der Waals surface area contributed by atoms with Gasteiger partial charge in [-0.3, -0.25) is 4.68 Å². The Morgan fingerprint density at radius 1 is 1.36 bits per heavy atom. The van der Waals surface area contributed by atoms with Crippen LogP contribution in [0.1, 0.15) is 12.1 Å². The van der Waals surface area contributed by atoms with Crippen LogP contribution in [-0.2, 0) is 13.1 Å². The zero-order valence-electron chi connectivity index (χ0n) is 8.45. The van der Waals surface area contributed by atoms with Crippen LogP contribution in [0.15, 0.2) is 12.3 Å². The molecule has 0 fully saturated rings. The van der Waals surface area contributed by atoms with Crippen LogP contribution in [0, 0.1) is 0 Å². The fourth-order valence-corrected chi connectivity index (χ4v) is 1.27. The van der Waals surface area contributed by atoms with Gasteiger partial charge in [0.15, 0.2) is 0 Å². The van der Waals surface area contributed by atoms with E-state index in [1.54, 1.807) is 0 Å². The van der Waals surface area contributed by atoms with Crippen molar-refractivity contribution in [3.05, 3.63) is 18.0 Å². The van der Waals surface area contributed by atoms with Crippen molar-refractivity contribution in [2.75, 3.05) is 19.6 Å². The number of nitrogens with two attached hydrogens (primary N) is 2. The van der Waals surface area contributed by atoms with Gasteiger partial charge in [-0.05, 0) is 19.0 Å². The van der Waals surface area contributed by atoms with Gasteiger partial charge < -0.3 is 16.8 Å². The lowest BCUT2D eigenvalue weighted by Gasteiger charge is -2.07. The van der Waals surface area contributed by atoms with Crippen molar-refractivity contribution < 1.29 is 0 Å². The second kappa shape index (κ2) is 6.53. The lowest BCUT2D eigenvalue weighted by Crippen LogP contribution is -2.23. The van der Waals surface area contributed by atoms with Crippen LogP contribution in [0.5, 0.6) is 0 Å². The highest BCUT2D eigenvalue weighted by atomic mass is 15.3. The molecule has 80 valence electrons. The Labute approximate surface area is 84.5 Å². The number of aryl methyl sites for hydroxylation is 1. The van der Waals surface area contributed by atoms with Crippen LogP contribution in [0.25, 0.3) is 0 Å². The summed E-state index contributed by atoms with van der Waals surface area (Å²) in [6.45, 7) is 3.92. The number of rotatable bonds is 7. The van der Waals surface area contributed by atoms with Gasteiger partial charge in [0.1, 0.15) is 0 Å². The molecular weight excluding hydrogens is 178 g/mol. The fourth-order valence-electron chi connectivity index (χ4n) is 1.27. The van der Waals surface area contributed by atoms with E-state index in [2.05, 4.69) is 10.4 Å². The summed E-state index contributed by atoms with van der Waals surface area (Å²) in [5.41, 5.74) is 12.0. The minimum absolute atomic E-state index is 0.664. The van der Waals surface area contributed by atoms with Crippen molar-refractivity contribution in [3.8, 4) is 0 Å². The van der Waals surface area contributed by atoms with E-state index in [-0.39, 0.29) is 0 Å². The van der Waals surface area contributed by atoms with Gasteiger partial charge in [-0.25, -0.2) is 0 Å². The number of nitrogens with one attached hydrogen (secondary N) is 1. The standard InChI is InChI=1S/C9H19N5/c10-3-1-7-14-9(2-5-13-14)8-12-6-4-11/h2,5,12H,1,3-4,6-8,10-11H2. The summed E-state index contributed by atoms with van der Waals surface area (Å²) in [7, 11) is 0. The summed E-state index contributed by atoms with van der Waals surface area (Å²) in [4.78, 5) is 0. The zero-order valence-corrected chi connectivity index (χ0v) is 8.45. The molecule has 14 heavy (non-hydrogen) atoms. The van der Waals surface area contributed by atoms with Crippen LogP contribution < -0.4 is 16.8 Å². The predicted molar refractivity (Wildman–Crippen MR) is 56.7 cm³/mol. The Morgan fingerprint density at radius 2 is 2.21 bits per heavy atom. The van der Waals surface area contributed by atoms with E-state index in [0.29, 0.717) is 13.1 Å². The topological polar surface area (TPSA) is 81.9 Å². The molecule has 0 bridgehead atoms. The third-order valence-corrected chi connectivity index (χ3v) is 2.01. The van der Waals surface area contributed by atoms with Gasteiger partial charge in [0.25, 0.3) is 0 Å². The zero-order chi connectivity index (χ0) is 10.2. The van der Waals surface area contributed by atoms with Gasteiger partial charge in [0, 0.05) is 32.4 Å². The van der Waals surface area contributed by atoms with E-state index in [1.807, 2.05) is 16.9 Å². The first-order chi connectivity index (χ1) is 6.88. The summed E-state index contributed by atoms with van der Waals surface area (Å²) in [6.07, 6.45) is 2.78. The SMILES string of the molecule is NCCCn1nccc1CNCCN. The van der Waals surface area contributed by atoms with Crippen molar-refractivity contribution in [1.82, 2.24) is 15.1 Å². The molecule has 0 unspecified atom stereocenters. The maximum Gasteiger partial charge on any atom is 0.0522 e. The second-order valence-electron chi connectivity index (χ2n) is 3.15. The molecule has 0 aromatic carbocycles. The third-order valence-electron chi connectivity index (χ3n) is 2.01. The molecule has 5 nitrogen and oxygen atoms in total. The molecule has 0 aliphatic heterocycles. The van der Waals surface area contributed by atoms with Gasteiger partial charge in [-0.15, -0.1) is 0 Å². The van der Waals surface area contributed by atoms with Gasteiger partial charge in [0.05, 0.1) is 5.69 Å². The predicted octanol–water partition coefficient (Wildman–Crippen LogP) is -0.720. The molecule has 0 amide bonds. The normalized spacial score (nSPS) is 10.7. The monoisotopic (exact) mass is 197 g/mol. The van der Waals surface area contributed by atoms with E-state index >= 15 is 0 Å². The van der Waals surface area contributed by atoms with E-state index in [0.717, 1.165) is 26.1 Å². The molecule has 1 aromatic rings. The highest BCUT2D eigenvalue weighted by molar-refractivity contribution is 4.99. The Balaban J connectivity index is 2.37. The number of aromatic nitrogens is 2. The maximum absolute atomic E-state index is 5.44. The molecule has 1 rings (SSSR count). The largest absolute Gasteiger partial charge is 0.330 e. The third kappa shape index (κ3) is 3.45. The summed E-state index contributed by atoms with van der Waals surface area (Å²) in [5, 5.41) is 7.46. The molecule has 0 aliphatic rings. The van der Waals surface area contributed by atoms with E-state index in [9.17, 15) is 0 Å².